The van der Waals surface area contributed by atoms with E-state index >= 15 is 0 Å². The molecule has 1 N–H and O–H groups in total. The minimum atomic E-state index is -3.67. The summed E-state index contributed by atoms with van der Waals surface area (Å²) in [5.41, 5.74) is -1.11. The number of ether oxygens (including phenoxy) is 2. The predicted molar refractivity (Wildman–Crippen MR) is 110 cm³/mol. The largest absolute Gasteiger partial charge is 0.471 e. The maximum absolute atomic E-state index is 13.5. The van der Waals surface area contributed by atoms with E-state index in [4.69, 9.17) is 18.5 Å². The Morgan fingerprint density at radius 1 is 1.04 bits per heavy atom. The highest BCUT2D eigenvalue weighted by Gasteiger charge is 2.39. The normalized spacial score (nSPS) is 18.8. The van der Waals surface area contributed by atoms with Gasteiger partial charge in [-0.15, -0.1) is 0 Å². The molecule has 28 heavy (non-hydrogen) atoms. The first-order chi connectivity index (χ1) is 12.8. The van der Waals surface area contributed by atoms with Crippen molar-refractivity contribution in [2.45, 2.75) is 66.5 Å². The molecule has 1 saturated heterocycles. The molecule has 0 aromatic heterocycles. The molecule has 1 aliphatic rings. The molecule has 1 fully saturated rings. The van der Waals surface area contributed by atoms with Crippen LogP contribution in [0.5, 0.6) is 0 Å². The van der Waals surface area contributed by atoms with Crippen LogP contribution >= 0.6 is 7.60 Å². The van der Waals surface area contributed by atoms with E-state index in [9.17, 15) is 9.36 Å². The van der Waals surface area contributed by atoms with Gasteiger partial charge in [-0.1, -0.05) is 54.7 Å². The third kappa shape index (κ3) is 7.98. The van der Waals surface area contributed by atoms with Crippen LogP contribution in [0.4, 0.5) is 0 Å². The van der Waals surface area contributed by atoms with Gasteiger partial charge in [-0.05, 0) is 12.8 Å². The lowest BCUT2D eigenvalue weighted by molar-refractivity contribution is -0.120. The zero-order chi connectivity index (χ0) is 21.6. The van der Waals surface area contributed by atoms with Crippen molar-refractivity contribution < 1.29 is 27.9 Å². The van der Waals surface area contributed by atoms with Gasteiger partial charge in [0.25, 0.3) is 0 Å². The number of allylic oxidation sites excluding steroid dienone is 2. The van der Waals surface area contributed by atoms with E-state index < -0.39 is 13.3 Å². The predicted octanol–water partition coefficient (Wildman–Crippen LogP) is 4.95. The second-order valence-corrected chi connectivity index (χ2v) is 11.3. The van der Waals surface area contributed by atoms with Crippen molar-refractivity contribution in [1.29, 1.82) is 0 Å². The molecular formula is C20H36NO6P. The highest BCUT2D eigenvalue weighted by Crippen LogP contribution is 2.56. The summed E-state index contributed by atoms with van der Waals surface area (Å²) in [6.07, 6.45) is 1.30. The Bertz CT molecular complexity index is 581. The maximum atomic E-state index is 13.5. The summed E-state index contributed by atoms with van der Waals surface area (Å²) in [6, 6.07) is 0. The highest BCUT2D eigenvalue weighted by atomic mass is 31.2. The van der Waals surface area contributed by atoms with Crippen molar-refractivity contribution in [1.82, 2.24) is 5.32 Å². The van der Waals surface area contributed by atoms with Gasteiger partial charge < -0.3 is 14.8 Å². The van der Waals surface area contributed by atoms with Gasteiger partial charge in [0.15, 0.2) is 13.6 Å². The van der Waals surface area contributed by atoms with E-state index in [1.165, 1.54) is 0 Å². The topological polar surface area (TPSA) is 83.1 Å². The lowest BCUT2D eigenvalue weighted by Crippen LogP contribution is -2.25. The van der Waals surface area contributed by atoms with Crippen LogP contribution in [0.1, 0.15) is 60.8 Å². The van der Waals surface area contributed by atoms with Crippen molar-refractivity contribution >= 4 is 13.5 Å². The SMILES string of the molecule is C=C(OCOP(=O)(OCOC(=C)C(C)(C)C)C1CCCNC(=O)C1)C(C)(C)C. The summed E-state index contributed by atoms with van der Waals surface area (Å²) in [7, 11) is -3.67. The summed E-state index contributed by atoms with van der Waals surface area (Å²) in [4.78, 5) is 11.9. The molecule has 0 aromatic carbocycles. The third-order valence-corrected chi connectivity index (χ3v) is 6.77. The van der Waals surface area contributed by atoms with Crippen LogP contribution in [-0.4, -0.2) is 31.7 Å². The summed E-state index contributed by atoms with van der Waals surface area (Å²) < 4.78 is 35.6. The Hall–Kier alpha value is -1.30. The number of hydrogen-bond acceptors (Lipinski definition) is 6. The molecule has 0 aromatic rings. The standard InChI is InChI=1S/C20H36NO6P/c1-15(19(3,4)5)24-13-26-28(23,17-10-9-11-21-18(22)12-17)27-14-25-16(2)20(6,7)8/h17H,1-2,9-14H2,3-8H3,(H,21,22). The second kappa shape index (κ2) is 9.95. The average Bonchev–Trinajstić information content (AvgIpc) is 2.77. The van der Waals surface area contributed by atoms with Crippen LogP contribution < -0.4 is 5.32 Å². The quantitative estimate of drug-likeness (QED) is 0.325. The third-order valence-electron chi connectivity index (χ3n) is 4.51. The van der Waals surface area contributed by atoms with E-state index in [1.807, 2.05) is 41.5 Å². The fraction of sp³-hybridized carbons (Fsp3) is 0.750. The molecule has 7 nitrogen and oxygen atoms in total. The average molecular weight is 417 g/mol. The Labute approximate surface area is 169 Å². The highest BCUT2D eigenvalue weighted by molar-refractivity contribution is 7.54. The number of amides is 1. The lowest BCUT2D eigenvalue weighted by atomic mass is 9.95. The van der Waals surface area contributed by atoms with Gasteiger partial charge in [0.1, 0.15) is 0 Å². The molecule has 1 aliphatic heterocycles. The minimum absolute atomic E-state index is 0.0672. The molecular weight excluding hydrogens is 381 g/mol. The molecule has 0 saturated carbocycles. The molecule has 1 amide bonds. The van der Waals surface area contributed by atoms with Crippen molar-refractivity contribution in [3.8, 4) is 0 Å². The molecule has 0 radical (unpaired) electrons. The van der Waals surface area contributed by atoms with Crippen molar-refractivity contribution in [2.24, 2.45) is 10.8 Å². The number of carbonyl (C=O) groups excluding carboxylic acids is 1. The lowest BCUT2D eigenvalue weighted by Gasteiger charge is -2.28. The molecule has 8 heteroatoms. The molecule has 0 aliphatic carbocycles. The van der Waals surface area contributed by atoms with Gasteiger partial charge >= 0.3 is 7.60 Å². The summed E-state index contributed by atoms with van der Waals surface area (Å²) in [5, 5.41) is 2.77. The smallest absolute Gasteiger partial charge is 0.340 e. The molecule has 1 heterocycles. The number of carbonyl (C=O) groups is 1. The zero-order valence-electron chi connectivity index (χ0n) is 18.1. The zero-order valence-corrected chi connectivity index (χ0v) is 19.0. The molecule has 162 valence electrons. The van der Waals surface area contributed by atoms with Crippen LogP contribution in [-0.2, 0) is 27.9 Å². The first-order valence-corrected chi connectivity index (χ1v) is 11.2. The summed E-state index contributed by atoms with van der Waals surface area (Å²) in [5.74, 6) is 0.847. The van der Waals surface area contributed by atoms with E-state index in [-0.39, 0.29) is 36.7 Å². The summed E-state index contributed by atoms with van der Waals surface area (Å²) in [6.45, 7) is 19.4. The number of rotatable bonds is 9. The van der Waals surface area contributed by atoms with Crippen LogP contribution in [0.2, 0.25) is 0 Å². The monoisotopic (exact) mass is 417 g/mol. The minimum Gasteiger partial charge on any atom is -0.471 e. The van der Waals surface area contributed by atoms with Crippen LogP contribution in [0, 0.1) is 10.8 Å². The maximum Gasteiger partial charge on any atom is 0.340 e. The Kier molecular flexibility index (Phi) is 8.79. The van der Waals surface area contributed by atoms with Crippen LogP contribution in [0.3, 0.4) is 0 Å². The van der Waals surface area contributed by atoms with E-state index in [2.05, 4.69) is 18.5 Å². The Balaban J connectivity index is 2.80. The van der Waals surface area contributed by atoms with Crippen molar-refractivity contribution in [3.05, 3.63) is 24.7 Å². The molecule has 1 rings (SSSR count). The van der Waals surface area contributed by atoms with Gasteiger partial charge in [-0.3, -0.25) is 18.4 Å². The molecule has 1 atom stereocenters. The first kappa shape index (κ1) is 24.7. The van der Waals surface area contributed by atoms with Gasteiger partial charge in [0.2, 0.25) is 5.91 Å². The molecule has 0 spiro atoms. The second-order valence-electron chi connectivity index (χ2n) is 9.02. The van der Waals surface area contributed by atoms with Crippen LogP contribution in [0.15, 0.2) is 24.7 Å². The van der Waals surface area contributed by atoms with Crippen molar-refractivity contribution in [2.75, 3.05) is 20.1 Å². The molecule has 1 unspecified atom stereocenters. The fourth-order valence-electron chi connectivity index (χ4n) is 2.25. The van der Waals surface area contributed by atoms with Gasteiger partial charge in [0, 0.05) is 23.8 Å². The van der Waals surface area contributed by atoms with E-state index in [1.54, 1.807) is 0 Å². The van der Waals surface area contributed by atoms with Crippen molar-refractivity contribution in [3.63, 3.8) is 0 Å². The Morgan fingerprint density at radius 2 is 1.50 bits per heavy atom. The molecule has 0 bridgehead atoms. The first-order valence-electron chi connectivity index (χ1n) is 9.55. The number of nitrogens with one attached hydrogen (secondary N) is 1. The Morgan fingerprint density at radius 3 is 1.93 bits per heavy atom. The summed E-state index contributed by atoms with van der Waals surface area (Å²) >= 11 is 0. The van der Waals surface area contributed by atoms with Crippen LogP contribution in [0.25, 0.3) is 0 Å². The van der Waals surface area contributed by atoms with Gasteiger partial charge in [-0.25, -0.2) is 0 Å². The van der Waals surface area contributed by atoms with Gasteiger partial charge in [0.05, 0.1) is 17.2 Å². The van der Waals surface area contributed by atoms with E-state index in [0.29, 0.717) is 30.9 Å². The van der Waals surface area contributed by atoms with E-state index in [0.717, 1.165) is 0 Å². The number of hydrogen-bond donors (Lipinski definition) is 1. The fourth-order valence-corrected chi connectivity index (χ4v) is 4.03. The van der Waals surface area contributed by atoms with Gasteiger partial charge in [-0.2, -0.15) is 0 Å².